The van der Waals surface area contributed by atoms with E-state index in [4.69, 9.17) is 37.9 Å². The van der Waals surface area contributed by atoms with Crippen LogP contribution in [0.5, 0.6) is 0 Å². The van der Waals surface area contributed by atoms with Crippen molar-refractivity contribution in [3.8, 4) is 0 Å². The third-order valence-electron chi connectivity index (χ3n) is 14.8. The molecule has 2 bridgehead atoms. The number of Topliss-reactive ketones (excluding diaryl/α,β-unsaturated/α-hetero) is 2. The molecular weight excluding hydrogens is 907 g/mol. The summed E-state index contributed by atoms with van der Waals surface area (Å²) in [5, 5.41) is 28.2. The lowest BCUT2D eigenvalue weighted by molar-refractivity contribution is -0.341. The quantitative estimate of drug-likeness (QED) is 0.0495. The second-order valence-corrected chi connectivity index (χ2v) is 20.7. The Labute approximate surface area is 410 Å². The van der Waals surface area contributed by atoms with Gasteiger partial charge in [0, 0.05) is 62.7 Å². The minimum absolute atomic E-state index is 0.0428. The average molecular weight is 978 g/mol. The van der Waals surface area contributed by atoms with Gasteiger partial charge < -0.3 is 53.4 Å². The van der Waals surface area contributed by atoms with Gasteiger partial charge in [-0.3, -0.25) is 14.4 Å². The van der Waals surface area contributed by atoms with Gasteiger partial charge in [0.2, 0.25) is 6.10 Å². The molecule has 2 aromatic carbocycles. The molecule has 0 radical (unpaired) electrons. The lowest BCUT2D eigenvalue weighted by Crippen LogP contribution is -2.80. The third-order valence-corrected chi connectivity index (χ3v) is 14.8. The molecule has 17 heteroatoms. The summed E-state index contributed by atoms with van der Waals surface area (Å²) in [6.45, 7) is 14.2. The molecule has 3 N–H and O–H groups in total. The van der Waals surface area contributed by atoms with Gasteiger partial charge >= 0.3 is 24.0 Å². The number of rotatable bonds is 19. The first-order valence-corrected chi connectivity index (χ1v) is 24.1. The van der Waals surface area contributed by atoms with Crippen molar-refractivity contribution < 1.29 is 76.9 Å². The molecule has 2 saturated carbocycles. The number of ketones is 2. The van der Waals surface area contributed by atoms with Crippen molar-refractivity contribution in [2.24, 2.45) is 28.6 Å². The maximum Gasteiger partial charge on any atom is 0.408 e. The van der Waals surface area contributed by atoms with Gasteiger partial charge in [-0.25, -0.2) is 14.4 Å². The van der Waals surface area contributed by atoms with Crippen LogP contribution in [-0.4, -0.2) is 134 Å². The third kappa shape index (κ3) is 10.6. The van der Waals surface area contributed by atoms with Crippen molar-refractivity contribution in [2.75, 3.05) is 46.8 Å². The standard InChI is InChI=1S/C53H71NO16/c1-11-22-64-23-24-65-29-41(58)68-44(43(34-20-16-13-17-21-34)54-48(61)70-49(4,5)6)47(60)67-38-27-53(62)36(25-37(57)33-18-14-12-15-19-33)45-51(9,46(59)35(28-55)42(31(38)2)50(53,7)8)39(63-10)26-40-52(45,30-66-40)69-32(3)56/h12-21,35-36,38-40,43-45,55,62H,11,22-30H2,1-10H3,(H,54,61)/t35-,36+,38+,39+,40-,43+,44-,45+,51-,52+,53-/m1/s1. The van der Waals surface area contributed by atoms with Crippen molar-refractivity contribution >= 4 is 35.6 Å². The van der Waals surface area contributed by atoms with Crippen LogP contribution in [0, 0.1) is 28.6 Å². The molecule has 1 heterocycles. The van der Waals surface area contributed by atoms with E-state index in [1.54, 1.807) is 109 Å². The molecule has 2 aromatic rings. The molecule has 1 aliphatic heterocycles. The molecule has 4 aliphatic rings. The first-order valence-electron chi connectivity index (χ1n) is 24.1. The second kappa shape index (κ2) is 21.8. The van der Waals surface area contributed by atoms with Crippen molar-refractivity contribution in [3.63, 3.8) is 0 Å². The number of carbonyl (C=O) groups is 6. The Morgan fingerprint density at radius 1 is 0.943 bits per heavy atom. The van der Waals surface area contributed by atoms with Gasteiger partial charge in [-0.1, -0.05) is 81.4 Å². The molecule has 0 aromatic heterocycles. The topological polar surface area (TPSA) is 229 Å². The van der Waals surface area contributed by atoms with E-state index in [1.165, 1.54) is 14.0 Å². The summed E-state index contributed by atoms with van der Waals surface area (Å²) < 4.78 is 47.4. The van der Waals surface area contributed by atoms with E-state index in [0.29, 0.717) is 23.3 Å². The number of methoxy groups -OCH3 is 1. The molecule has 17 nitrogen and oxygen atoms in total. The van der Waals surface area contributed by atoms with E-state index < -0.39 is 119 Å². The van der Waals surface area contributed by atoms with Gasteiger partial charge in [0.25, 0.3) is 0 Å². The molecule has 70 heavy (non-hydrogen) atoms. The summed E-state index contributed by atoms with van der Waals surface area (Å²) >= 11 is 0. The SMILES string of the molecule is CCCOCCOCC(=O)O[C@@H](C(=O)O[C@H]1C[C@@]2(O)[C@@H](CC(=O)c3ccccc3)[C@@H]3[C@]4(OC(C)=O)CO[C@@H]4C[C@H](OC)[C@@]3(C)C(=O)[C@H](CO)C(=C1C)C2(C)C)[C@@H](NC(=O)OC(C)(C)C)c1ccccc1. The van der Waals surface area contributed by atoms with Crippen molar-refractivity contribution in [1.29, 1.82) is 0 Å². The fourth-order valence-corrected chi connectivity index (χ4v) is 11.7. The summed E-state index contributed by atoms with van der Waals surface area (Å²) in [5.41, 5.74) is -6.42. The van der Waals surface area contributed by atoms with Crippen LogP contribution in [0.2, 0.25) is 0 Å². The number of aliphatic hydroxyl groups excluding tert-OH is 1. The maximum atomic E-state index is 15.8. The zero-order chi connectivity index (χ0) is 51.4. The highest BCUT2D eigenvalue weighted by molar-refractivity contribution is 5.97. The van der Waals surface area contributed by atoms with Crippen LogP contribution >= 0.6 is 0 Å². The highest BCUT2D eigenvalue weighted by Gasteiger charge is 2.77. The Bertz CT molecular complexity index is 2260. The van der Waals surface area contributed by atoms with E-state index in [9.17, 15) is 29.4 Å². The summed E-state index contributed by atoms with van der Waals surface area (Å²) in [5.74, 6) is -7.41. The van der Waals surface area contributed by atoms with Crippen LogP contribution in [0.4, 0.5) is 4.79 Å². The number of fused-ring (bicyclic) bond motifs is 5. The van der Waals surface area contributed by atoms with Gasteiger partial charge in [0.15, 0.2) is 17.2 Å². The molecule has 1 saturated heterocycles. The Kier molecular flexibility index (Phi) is 16.9. The van der Waals surface area contributed by atoms with E-state index in [-0.39, 0.29) is 50.4 Å². The molecule has 11 atom stereocenters. The van der Waals surface area contributed by atoms with Gasteiger partial charge in [0.1, 0.15) is 30.5 Å². The van der Waals surface area contributed by atoms with Crippen molar-refractivity contribution in [3.05, 3.63) is 82.9 Å². The number of alkyl carbamates (subject to hydrolysis) is 1. The fraction of sp³-hybridized carbons (Fsp3) is 0.623. The Balaban J connectivity index is 1.51. The van der Waals surface area contributed by atoms with Crippen LogP contribution < -0.4 is 5.32 Å². The molecule has 1 amide bonds. The summed E-state index contributed by atoms with van der Waals surface area (Å²) in [6.07, 6.45) is -5.78. The Morgan fingerprint density at radius 2 is 1.59 bits per heavy atom. The van der Waals surface area contributed by atoms with Crippen LogP contribution in [0.1, 0.15) is 110 Å². The number of aliphatic hydroxyl groups is 2. The summed E-state index contributed by atoms with van der Waals surface area (Å²) in [4.78, 5) is 86.1. The molecule has 3 aliphatic carbocycles. The predicted octanol–water partition coefficient (Wildman–Crippen LogP) is 5.82. The van der Waals surface area contributed by atoms with Crippen LogP contribution in [0.25, 0.3) is 0 Å². The highest BCUT2D eigenvalue weighted by atomic mass is 16.6. The highest BCUT2D eigenvalue weighted by Crippen LogP contribution is 2.67. The minimum atomic E-state index is -2.10. The number of hydrogen-bond acceptors (Lipinski definition) is 16. The number of carbonyl (C=O) groups excluding carboxylic acids is 6. The Hall–Kier alpha value is -5.04. The van der Waals surface area contributed by atoms with Gasteiger partial charge in [0.05, 0.1) is 49.5 Å². The lowest BCUT2D eigenvalue weighted by Gasteiger charge is -2.69. The smallest absolute Gasteiger partial charge is 0.408 e. The van der Waals surface area contributed by atoms with Crippen LogP contribution in [0.15, 0.2) is 71.8 Å². The van der Waals surface area contributed by atoms with E-state index in [0.717, 1.165) is 6.42 Å². The largest absolute Gasteiger partial charge is 0.455 e. The molecule has 0 spiro atoms. The monoisotopic (exact) mass is 977 g/mol. The molecule has 6 rings (SSSR count). The van der Waals surface area contributed by atoms with E-state index in [1.807, 2.05) is 6.92 Å². The van der Waals surface area contributed by atoms with Gasteiger partial charge in [-0.2, -0.15) is 0 Å². The van der Waals surface area contributed by atoms with Crippen LogP contribution in [0.3, 0.4) is 0 Å². The maximum absolute atomic E-state index is 15.8. The normalized spacial score (nSPS) is 29.9. The zero-order valence-electron chi connectivity index (χ0n) is 42.1. The number of esters is 3. The van der Waals surface area contributed by atoms with E-state index in [2.05, 4.69) is 5.32 Å². The van der Waals surface area contributed by atoms with Crippen molar-refractivity contribution in [2.45, 2.75) is 135 Å². The summed E-state index contributed by atoms with van der Waals surface area (Å²) in [6, 6.07) is 15.3. The molecule has 0 unspecified atom stereocenters. The first kappa shape index (κ1) is 54.3. The van der Waals surface area contributed by atoms with Crippen LogP contribution in [-0.2, 0) is 57.1 Å². The average Bonchev–Trinajstić information content (AvgIpc) is 3.30. The van der Waals surface area contributed by atoms with Gasteiger partial charge in [-0.05, 0) is 57.7 Å². The van der Waals surface area contributed by atoms with E-state index >= 15 is 9.59 Å². The number of hydrogen-bond donors (Lipinski definition) is 3. The number of amides is 1. The fourth-order valence-electron chi connectivity index (χ4n) is 11.7. The zero-order valence-corrected chi connectivity index (χ0v) is 42.1. The predicted molar refractivity (Wildman–Crippen MR) is 252 cm³/mol. The van der Waals surface area contributed by atoms with Crippen molar-refractivity contribution in [1.82, 2.24) is 5.32 Å². The van der Waals surface area contributed by atoms with Gasteiger partial charge in [-0.15, -0.1) is 0 Å². The number of benzene rings is 2. The Morgan fingerprint density at radius 3 is 2.16 bits per heavy atom. The summed E-state index contributed by atoms with van der Waals surface area (Å²) in [7, 11) is 1.45. The molecule has 3 fully saturated rings. The lowest BCUT2D eigenvalue weighted by atomic mass is 9.41. The minimum Gasteiger partial charge on any atom is -0.455 e. The number of ether oxygens (including phenoxy) is 8. The molecular formula is C53H71NO16. The second-order valence-electron chi connectivity index (χ2n) is 20.7. The molecule has 384 valence electrons. The number of nitrogens with one attached hydrogen (secondary N) is 1. The first-order chi connectivity index (χ1) is 33.0.